The minimum atomic E-state index is -0.0325. The second kappa shape index (κ2) is 8.70. The molecule has 1 amide bonds. The number of hydrogen-bond acceptors (Lipinski definition) is 3. The Morgan fingerprint density at radius 2 is 1.96 bits per heavy atom. The van der Waals surface area contributed by atoms with E-state index in [0.29, 0.717) is 6.54 Å². The van der Waals surface area contributed by atoms with E-state index < -0.39 is 0 Å². The summed E-state index contributed by atoms with van der Waals surface area (Å²) in [7, 11) is 0. The summed E-state index contributed by atoms with van der Waals surface area (Å²) in [6.45, 7) is 6.47. The fourth-order valence-electron chi connectivity index (χ4n) is 3.07. The molecule has 0 bridgehead atoms. The van der Waals surface area contributed by atoms with E-state index in [1.165, 1.54) is 0 Å². The number of nitrogens with two attached hydrogens (primary N) is 1. The highest BCUT2D eigenvalue weighted by molar-refractivity contribution is 5.94. The first-order chi connectivity index (χ1) is 11.0. The fourth-order valence-corrected chi connectivity index (χ4v) is 3.07. The maximum atomic E-state index is 12.7. The smallest absolute Gasteiger partial charge is 0.253 e. The number of carbonyl (C=O) groups is 1. The van der Waals surface area contributed by atoms with Crippen molar-refractivity contribution in [2.45, 2.75) is 32.9 Å². The molecular weight excluding hydrogens is 359 g/mol. The van der Waals surface area contributed by atoms with Gasteiger partial charge in [-0.3, -0.25) is 4.79 Å². The van der Waals surface area contributed by atoms with Crippen LogP contribution < -0.4 is 5.73 Å². The minimum Gasteiger partial charge on any atom is -0.338 e. The number of carbonyl (C=O) groups excluding carboxylic acids is 1. The topological polar surface area (TPSA) is 64.2 Å². The molecule has 1 aliphatic rings. The maximum Gasteiger partial charge on any atom is 0.253 e. The third kappa shape index (κ3) is 4.97. The Balaban J connectivity index is 0.00000156. The average molecular weight is 385 g/mol. The van der Waals surface area contributed by atoms with Gasteiger partial charge in [0, 0.05) is 43.6 Å². The highest BCUT2D eigenvalue weighted by atomic mass is 35.5. The molecule has 0 spiro atoms. The van der Waals surface area contributed by atoms with Crippen LogP contribution in [0.15, 0.2) is 43.0 Å². The number of hydrogen-bond donors (Lipinski definition) is 1. The number of nitrogens with zero attached hydrogens (tertiary/aromatic N) is 3. The van der Waals surface area contributed by atoms with E-state index in [-0.39, 0.29) is 42.2 Å². The Hall–Kier alpha value is -1.56. The van der Waals surface area contributed by atoms with Gasteiger partial charge < -0.3 is 15.2 Å². The van der Waals surface area contributed by atoms with Crippen LogP contribution in [0, 0.1) is 5.41 Å². The third-order valence-electron chi connectivity index (χ3n) is 4.72. The number of rotatable bonds is 3. The Bertz CT molecular complexity index is 671. The van der Waals surface area contributed by atoms with E-state index in [1.54, 1.807) is 12.5 Å². The average Bonchev–Trinajstić information content (AvgIpc) is 3.03. The first kappa shape index (κ1) is 21.5. The molecule has 1 atom stereocenters. The molecule has 2 heterocycles. The van der Waals surface area contributed by atoms with Gasteiger partial charge >= 0.3 is 0 Å². The van der Waals surface area contributed by atoms with Gasteiger partial charge in [0.15, 0.2) is 0 Å². The molecule has 0 radical (unpaired) electrons. The molecule has 5 nitrogen and oxygen atoms in total. The second-order valence-corrected chi connectivity index (χ2v) is 7.04. The molecule has 138 valence electrons. The summed E-state index contributed by atoms with van der Waals surface area (Å²) < 4.78 is 2.01. The summed E-state index contributed by atoms with van der Waals surface area (Å²) in [4.78, 5) is 18.7. The van der Waals surface area contributed by atoms with E-state index in [2.05, 4.69) is 18.8 Å². The molecule has 1 aromatic carbocycles. The summed E-state index contributed by atoms with van der Waals surface area (Å²) in [5.74, 6) is 0.0964. The van der Waals surface area contributed by atoms with Gasteiger partial charge in [-0.2, -0.15) is 0 Å². The molecule has 3 rings (SSSR count). The largest absolute Gasteiger partial charge is 0.338 e. The third-order valence-corrected chi connectivity index (χ3v) is 4.72. The van der Waals surface area contributed by atoms with E-state index >= 15 is 0 Å². The summed E-state index contributed by atoms with van der Waals surface area (Å²) in [6, 6.07) is 8.00. The minimum absolute atomic E-state index is 0. The molecule has 1 aliphatic heterocycles. The standard InChI is InChI=1S/C18H24N4O.2ClH/c1-18(2)12-22(9-7-16(18)19)17(23)15-5-3-14(4-6-15)11-21-10-8-20-13-21;;/h3-6,8,10,13,16H,7,9,11-12,19H2,1-2H3;2*1H. The lowest BCUT2D eigenvalue weighted by atomic mass is 9.79. The van der Waals surface area contributed by atoms with Crippen molar-refractivity contribution in [1.82, 2.24) is 14.5 Å². The molecule has 0 saturated carbocycles. The molecule has 1 saturated heterocycles. The highest BCUT2D eigenvalue weighted by Gasteiger charge is 2.35. The molecule has 2 aromatic rings. The summed E-state index contributed by atoms with van der Waals surface area (Å²) >= 11 is 0. The summed E-state index contributed by atoms with van der Waals surface area (Å²) in [6.07, 6.45) is 6.34. The van der Waals surface area contributed by atoms with Crippen molar-refractivity contribution >= 4 is 30.7 Å². The summed E-state index contributed by atoms with van der Waals surface area (Å²) in [5, 5.41) is 0. The lowest BCUT2D eigenvalue weighted by molar-refractivity contribution is 0.0533. The van der Waals surface area contributed by atoms with Gasteiger partial charge in [-0.25, -0.2) is 4.98 Å². The van der Waals surface area contributed by atoms with Gasteiger partial charge in [-0.05, 0) is 29.5 Å². The van der Waals surface area contributed by atoms with Crippen LogP contribution >= 0.6 is 24.8 Å². The van der Waals surface area contributed by atoms with Gasteiger partial charge in [0.05, 0.1) is 6.33 Å². The lowest BCUT2D eigenvalue weighted by Gasteiger charge is -2.42. The van der Waals surface area contributed by atoms with Crippen LogP contribution in [0.5, 0.6) is 0 Å². The Morgan fingerprint density at radius 3 is 2.52 bits per heavy atom. The van der Waals surface area contributed by atoms with E-state index in [9.17, 15) is 4.79 Å². The van der Waals surface area contributed by atoms with Crippen LogP contribution in [0.3, 0.4) is 0 Å². The zero-order valence-corrected chi connectivity index (χ0v) is 16.2. The zero-order valence-electron chi connectivity index (χ0n) is 14.6. The number of aromatic nitrogens is 2. The zero-order chi connectivity index (χ0) is 16.4. The molecule has 1 aromatic heterocycles. The van der Waals surface area contributed by atoms with Gasteiger partial charge in [0.25, 0.3) is 5.91 Å². The monoisotopic (exact) mass is 384 g/mol. The number of benzene rings is 1. The van der Waals surface area contributed by atoms with Crippen LogP contribution in [0.1, 0.15) is 36.2 Å². The van der Waals surface area contributed by atoms with Gasteiger partial charge in [-0.15, -0.1) is 24.8 Å². The molecule has 25 heavy (non-hydrogen) atoms. The molecule has 1 unspecified atom stereocenters. The van der Waals surface area contributed by atoms with Crippen LogP contribution in [0.25, 0.3) is 0 Å². The van der Waals surface area contributed by atoms with Crippen molar-refractivity contribution in [3.63, 3.8) is 0 Å². The fraction of sp³-hybridized carbons (Fsp3) is 0.444. The van der Waals surface area contributed by atoms with Crippen molar-refractivity contribution in [3.05, 3.63) is 54.1 Å². The Labute approximate surface area is 161 Å². The normalized spacial score (nSPS) is 18.8. The Morgan fingerprint density at radius 1 is 1.28 bits per heavy atom. The Kier molecular flexibility index (Phi) is 7.47. The van der Waals surface area contributed by atoms with Crippen LogP contribution in [0.2, 0.25) is 0 Å². The first-order valence-electron chi connectivity index (χ1n) is 8.05. The predicted molar refractivity (Wildman–Crippen MR) is 105 cm³/mol. The molecule has 2 N–H and O–H groups in total. The first-order valence-corrected chi connectivity index (χ1v) is 8.05. The lowest BCUT2D eigenvalue weighted by Crippen LogP contribution is -2.53. The van der Waals surface area contributed by atoms with E-state index in [1.807, 2.05) is 39.9 Å². The number of amides is 1. The van der Waals surface area contributed by atoms with Gasteiger partial charge in [0.1, 0.15) is 0 Å². The number of halogens is 2. The molecule has 0 aliphatic carbocycles. The molecule has 1 fully saturated rings. The van der Waals surface area contributed by atoms with Crippen molar-refractivity contribution < 1.29 is 4.79 Å². The van der Waals surface area contributed by atoms with Crippen molar-refractivity contribution in [2.75, 3.05) is 13.1 Å². The highest BCUT2D eigenvalue weighted by Crippen LogP contribution is 2.28. The van der Waals surface area contributed by atoms with Crippen molar-refractivity contribution in [1.29, 1.82) is 0 Å². The SMILES string of the molecule is CC1(C)CN(C(=O)c2ccc(Cn3ccnc3)cc2)CCC1N.Cl.Cl. The van der Waals surface area contributed by atoms with Crippen molar-refractivity contribution in [2.24, 2.45) is 11.1 Å². The van der Waals surface area contributed by atoms with E-state index in [0.717, 1.165) is 30.6 Å². The number of imidazole rings is 1. The number of likely N-dealkylation sites (tertiary alicyclic amines) is 1. The quantitative estimate of drug-likeness (QED) is 0.884. The maximum absolute atomic E-state index is 12.7. The molecule has 7 heteroatoms. The number of piperidine rings is 1. The molecular formula is C18H26Cl2N4O. The second-order valence-electron chi connectivity index (χ2n) is 7.04. The summed E-state index contributed by atoms with van der Waals surface area (Å²) in [5.41, 5.74) is 8.01. The predicted octanol–water partition coefficient (Wildman–Crippen LogP) is 2.97. The van der Waals surface area contributed by atoms with Crippen molar-refractivity contribution in [3.8, 4) is 0 Å². The van der Waals surface area contributed by atoms with Gasteiger partial charge in [-0.1, -0.05) is 26.0 Å². The van der Waals surface area contributed by atoms with E-state index in [4.69, 9.17) is 5.73 Å². The van der Waals surface area contributed by atoms with Crippen LogP contribution in [0.4, 0.5) is 0 Å². The van der Waals surface area contributed by atoms with Crippen LogP contribution in [-0.4, -0.2) is 39.5 Å². The van der Waals surface area contributed by atoms with Crippen LogP contribution in [-0.2, 0) is 6.54 Å². The van der Waals surface area contributed by atoms with Gasteiger partial charge in [0.2, 0.25) is 0 Å².